The third kappa shape index (κ3) is 3.83. The van der Waals surface area contributed by atoms with E-state index in [1.165, 1.54) is 4.68 Å². The van der Waals surface area contributed by atoms with Crippen LogP contribution < -0.4 is 10.9 Å². The molecule has 1 aliphatic rings. The van der Waals surface area contributed by atoms with Crippen molar-refractivity contribution in [1.82, 2.24) is 20.0 Å². The van der Waals surface area contributed by atoms with Gasteiger partial charge in [-0.15, -0.1) is 0 Å². The summed E-state index contributed by atoms with van der Waals surface area (Å²) in [6.07, 6.45) is 3.93. The monoisotopic (exact) mass is 428 g/mol. The minimum Gasteiger partial charge on any atom is -0.468 e. The molecule has 4 aromatic rings. The van der Waals surface area contributed by atoms with Crippen molar-refractivity contribution in [3.05, 3.63) is 94.8 Å². The number of fused-ring (bicyclic) bond motifs is 1. The third-order valence-corrected chi connectivity index (χ3v) is 5.93. The minimum absolute atomic E-state index is 0.0391. The van der Waals surface area contributed by atoms with E-state index in [2.05, 4.69) is 15.3 Å². The molecule has 32 heavy (non-hydrogen) atoms. The number of rotatable bonds is 6. The Morgan fingerprint density at radius 3 is 2.41 bits per heavy atom. The summed E-state index contributed by atoms with van der Waals surface area (Å²) in [6, 6.07) is 20.0. The molecular weight excluding hydrogens is 404 g/mol. The van der Waals surface area contributed by atoms with Gasteiger partial charge in [-0.2, -0.15) is 9.78 Å². The van der Waals surface area contributed by atoms with Gasteiger partial charge in [0, 0.05) is 11.9 Å². The molecule has 3 heterocycles. The minimum atomic E-state index is -0.318. The molecule has 1 saturated heterocycles. The topological polar surface area (TPSA) is 80.4 Å². The number of nitrogens with zero attached hydrogens (tertiary/aromatic N) is 3. The largest absolute Gasteiger partial charge is 0.468 e. The van der Waals surface area contributed by atoms with Crippen molar-refractivity contribution in [2.24, 2.45) is 0 Å². The second-order valence-electron chi connectivity index (χ2n) is 7.93. The van der Waals surface area contributed by atoms with Gasteiger partial charge in [-0.3, -0.25) is 14.5 Å². The number of amides is 1. The Morgan fingerprint density at radius 2 is 1.69 bits per heavy atom. The molecule has 1 fully saturated rings. The van der Waals surface area contributed by atoms with E-state index in [4.69, 9.17) is 4.42 Å². The van der Waals surface area contributed by atoms with E-state index in [-0.39, 0.29) is 23.2 Å². The molecule has 0 spiro atoms. The zero-order valence-corrected chi connectivity index (χ0v) is 17.6. The molecular formula is C25H24N4O3. The van der Waals surface area contributed by atoms with Crippen molar-refractivity contribution in [3.63, 3.8) is 0 Å². The number of benzene rings is 2. The molecule has 1 aliphatic heterocycles. The first kappa shape index (κ1) is 20.2. The first-order chi connectivity index (χ1) is 15.7. The van der Waals surface area contributed by atoms with Crippen LogP contribution in [0, 0.1) is 0 Å². The summed E-state index contributed by atoms with van der Waals surface area (Å²) in [6.45, 7) is 2.34. The van der Waals surface area contributed by atoms with Gasteiger partial charge in [-0.1, -0.05) is 36.4 Å². The standard InChI is InChI=1S/C25H24N4O3/c30-24(26-17-21(22-13-8-16-32-22)28-14-6-7-15-28)23-19-11-4-5-12-20(19)25(31)29(27-23)18-9-2-1-3-10-18/h1-5,8-13,16,21H,6-7,14-15,17H2,(H,26,30). The van der Waals surface area contributed by atoms with Crippen molar-refractivity contribution >= 4 is 16.7 Å². The fourth-order valence-electron chi connectivity index (χ4n) is 4.32. The summed E-state index contributed by atoms with van der Waals surface area (Å²) in [5.41, 5.74) is 0.584. The molecule has 0 radical (unpaired) electrons. The number of nitrogens with one attached hydrogen (secondary N) is 1. The molecule has 0 bridgehead atoms. The van der Waals surface area contributed by atoms with Crippen molar-refractivity contribution in [3.8, 4) is 5.69 Å². The molecule has 1 N–H and O–H groups in total. The SMILES string of the molecule is O=C(NCC(c1ccco1)N1CCCC1)c1nn(-c2ccccc2)c(=O)c2ccccc12. The lowest BCUT2D eigenvalue weighted by Crippen LogP contribution is -2.37. The van der Waals surface area contributed by atoms with Crippen LogP contribution >= 0.6 is 0 Å². The van der Waals surface area contributed by atoms with Gasteiger partial charge >= 0.3 is 0 Å². The molecule has 5 rings (SSSR count). The summed E-state index contributed by atoms with van der Waals surface area (Å²) in [5, 5.41) is 8.50. The number of carbonyl (C=O) groups is 1. The van der Waals surface area contributed by atoms with Crippen LogP contribution in [0.3, 0.4) is 0 Å². The summed E-state index contributed by atoms with van der Waals surface area (Å²) in [4.78, 5) is 28.7. The fourth-order valence-corrected chi connectivity index (χ4v) is 4.32. The number of furan rings is 1. The van der Waals surface area contributed by atoms with Gasteiger partial charge in [0.15, 0.2) is 5.69 Å². The molecule has 162 valence electrons. The van der Waals surface area contributed by atoms with Crippen molar-refractivity contribution in [2.45, 2.75) is 18.9 Å². The summed E-state index contributed by atoms with van der Waals surface area (Å²) in [5.74, 6) is 0.515. The van der Waals surface area contributed by atoms with Gasteiger partial charge in [0.2, 0.25) is 0 Å². The van der Waals surface area contributed by atoms with E-state index in [1.807, 2.05) is 36.4 Å². The second-order valence-corrected chi connectivity index (χ2v) is 7.93. The molecule has 7 heteroatoms. The zero-order valence-electron chi connectivity index (χ0n) is 17.6. The Morgan fingerprint density at radius 1 is 0.969 bits per heavy atom. The highest BCUT2D eigenvalue weighted by molar-refractivity contribution is 6.04. The van der Waals surface area contributed by atoms with Gasteiger partial charge in [0.25, 0.3) is 11.5 Å². The third-order valence-electron chi connectivity index (χ3n) is 5.93. The molecule has 2 aromatic carbocycles. The van der Waals surface area contributed by atoms with Crippen molar-refractivity contribution in [2.75, 3.05) is 19.6 Å². The highest BCUT2D eigenvalue weighted by Crippen LogP contribution is 2.25. The highest BCUT2D eigenvalue weighted by Gasteiger charge is 2.27. The van der Waals surface area contributed by atoms with Crippen LogP contribution in [0.1, 0.15) is 35.1 Å². The van der Waals surface area contributed by atoms with Crippen LogP contribution in [0.2, 0.25) is 0 Å². The maximum Gasteiger partial charge on any atom is 0.279 e. The van der Waals surface area contributed by atoms with E-state index in [0.717, 1.165) is 31.7 Å². The summed E-state index contributed by atoms with van der Waals surface area (Å²) >= 11 is 0. The Labute approximate surface area is 185 Å². The molecule has 0 aliphatic carbocycles. The first-order valence-electron chi connectivity index (χ1n) is 10.9. The predicted octanol–water partition coefficient (Wildman–Crippen LogP) is 3.55. The lowest BCUT2D eigenvalue weighted by Gasteiger charge is -2.26. The first-order valence-corrected chi connectivity index (χ1v) is 10.9. The Kier molecular flexibility index (Phi) is 5.56. The van der Waals surface area contributed by atoms with E-state index < -0.39 is 0 Å². The number of hydrogen-bond acceptors (Lipinski definition) is 5. The quantitative estimate of drug-likeness (QED) is 0.508. The van der Waals surface area contributed by atoms with Crippen LogP contribution in [0.25, 0.3) is 16.5 Å². The van der Waals surface area contributed by atoms with Crippen LogP contribution in [-0.4, -0.2) is 40.2 Å². The van der Waals surface area contributed by atoms with Crippen molar-refractivity contribution in [1.29, 1.82) is 0 Å². The van der Waals surface area contributed by atoms with Crippen molar-refractivity contribution < 1.29 is 9.21 Å². The number of aromatic nitrogens is 2. The summed E-state index contributed by atoms with van der Waals surface area (Å²) in [7, 11) is 0. The molecule has 7 nitrogen and oxygen atoms in total. The zero-order chi connectivity index (χ0) is 21.9. The van der Waals surface area contributed by atoms with E-state index >= 15 is 0 Å². The van der Waals surface area contributed by atoms with Gasteiger partial charge in [0.05, 0.1) is 23.4 Å². The molecule has 1 atom stereocenters. The smallest absolute Gasteiger partial charge is 0.279 e. The van der Waals surface area contributed by atoms with Gasteiger partial charge in [-0.25, -0.2) is 0 Å². The maximum atomic E-state index is 13.3. The fraction of sp³-hybridized carbons (Fsp3) is 0.240. The number of carbonyl (C=O) groups excluding carboxylic acids is 1. The van der Waals surface area contributed by atoms with E-state index in [0.29, 0.717) is 23.0 Å². The number of para-hydroxylation sites is 1. The average molecular weight is 428 g/mol. The predicted molar refractivity (Wildman–Crippen MR) is 122 cm³/mol. The lowest BCUT2D eigenvalue weighted by atomic mass is 10.1. The highest BCUT2D eigenvalue weighted by atomic mass is 16.3. The van der Waals surface area contributed by atoms with Crippen LogP contribution in [0.4, 0.5) is 0 Å². The van der Waals surface area contributed by atoms with E-state index in [9.17, 15) is 9.59 Å². The lowest BCUT2D eigenvalue weighted by molar-refractivity contribution is 0.0929. The normalized spacial score (nSPS) is 15.1. The molecule has 2 aromatic heterocycles. The molecule has 1 amide bonds. The average Bonchev–Trinajstić information content (AvgIpc) is 3.55. The van der Waals surface area contributed by atoms with E-state index in [1.54, 1.807) is 36.6 Å². The van der Waals surface area contributed by atoms with Gasteiger partial charge < -0.3 is 9.73 Å². The summed E-state index contributed by atoms with van der Waals surface area (Å²) < 4.78 is 6.95. The van der Waals surface area contributed by atoms with Crippen LogP contribution in [0.5, 0.6) is 0 Å². The number of likely N-dealkylation sites (tertiary alicyclic amines) is 1. The Hall–Kier alpha value is -3.71. The van der Waals surface area contributed by atoms with Crippen LogP contribution in [0.15, 0.2) is 82.2 Å². The second kappa shape index (κ2) is 8.80. The molecule has 0 saturated carbocycles. The Balaban J connectivity index is 1.49. The van der Waals surface area contributed by atoms with Gasteiger partial charge in [0.1, 0.15) is 5.76 Å². The maximum absolute atomic E-state index is 13.3. The molecule has 1 unspecified atom stereocenters. The number of hydrogen-bond donors (Lipinski definition) is 1. The van der Waals surface area contributed by atoms with Gasteiger partial charge in [-0.05, 0) is 56.3 Å². The Bertz CT molecular complexity index is 1280. The van der Waals surface area contributed by atoms with Crippen LogP contribution in [-0.2, 0) is 0 Å².